The molecule has 0 aliphatic carbocycles. The molecule has 1 N–H and O–H groups in total. The van der Waals surface area contributed by atoms with Gasteiger partial charge in [0.25, 0.3) is 10.0 Å². The van der Waals surface area contributed by atoms with Crippen molar-refractivity contribution in [3.05, 3.63) is 71.3 Å². The fraction of sp³-hybridized carbons (Fsp3) is 0.333. The number of nitrogens with one attached hydrogen (secondary N) is 1. The summed E-state index contributed by atoms with van der Waals surface area (Å²) in [5, 5.41) is 0. The number of alkyl halides is 3. The molecule has 0 spiro atoms. The van der Waals surface area contributed by atoms with E-state index in [1.807, 2.05) is 0 Å². The van der Waals surface area contributed by atoms with Gasteiger partial charge in [0, 0.05) is 29.5 Å². The van der Waals surface area contributed by atoms with Crippen molar-refractivity contribution >= 4 is 16.0 Å². The number of halogens is 4. The Balaban J connectivity index is 1.48. The average molecular weight is 540 g/mol. The second-order valence-corrected chi connectivity index (χ2v) is 10.3. The van der Waals surface area contributed by atoms with Crippen molar-refractivity contribution < 1.29 is 40.2 Å². The van der Waals surface area contributed by atoms with E-state index >= 15 is 0 Å². The third kappa shape index (κ3) is 5.47. The molecule has 196 valence electrons. The highest BCUT2D eigenvalue weighted by Gasteiger charge is 2.34. The van der Waals surface area contributed by atoms with Crippen LogP contribution in [0.25, 0.3) is 0 Å². The van der Waals surface area contributed by atoms with Crippen molar-refractivity contribution in [1.29, 1.82) is 0 Å². The normalized spacial score (nSPS) is 19.7. The maximum Gasteiger partial charge on any atom is 0.416 e. The Morgan fingerprint density at radius 2 is 1.76 bits per heavy atom. The SMILES string of the molecule is O=S(=O)(Nc1ncc(F)cn1)c1ccc2c(c1)OCC[C@@H]2c1ccc(C(F)(F)F)cc1O[C@H]1CCOC1. The van der Waals surface area contributed by atoms with Gasteiger partial charge in [0.1, 0.15) is 17.6 Å². The Hall–Kier alpha value is -3.45. The second kappa shape index (κ2) is 9.78. The number of benzene rings is 2. The fourth-order valence-electron chi connectivity index (χ4n) is 4.29. The maximum absolute atomic E-state index is 13.4. The number of nitrogens with zero attached hydrogens (tertiary/aromatic N) is 2. The summed E-state index contributed by atoms with van der Waals surface area (Å²) >= 11 is 0. The molecule has 2 aliphatic rings. The summed E-state index contributed by atoms with van der Waals surface area (Å²) < 4.78 is 98.1. The Morgan fingerprint density at radius 1 is 1.00 bits per heavy atom. The van der Waals surface area contributed by atoms with Gasteiger partial charge in [-0.1, -0.05) is 12.1 Å². The van der Waals surface area contributed by atoms with Crippen molar-refractivity contribution in [3.63, 3.8) is 0 Å². The first-order valence-electron chi connectivity index (χ1n) is 11.3. The van der Waals surface area contributed by atoms with Crippen LogP contribution in [0, 0.1) is 5.82 Å². The zero-order valence-corrected chi connectivity index (χ0v) is 20.0. The Morgan fingerprint density at radius 3 is 2.46 bits per heavy atom. The molecule has 0 unspecified atom stereocenters. The molecule has 0 amide bonds. The molecule has 3 heterocycles. The van der Waals surface area contributed by atoms with E-state index in [0.717, 1.165) is 24.5 Å². The lowest BCUT2D eigenvalue weighted by Gasteiger charge is -2.29. The highest BCUT2D eigenvalue weighted by molar-refractivity contribution is 7.92. The first-order valence-corrected chi connectivity index (χ1v) is 12.8. The van der Waals surface area contributed by atoms with E-state index in [0.29, 0.717) is 30.6 Å². The van der Waals surface area contributed by atoms with Crippen molar-refractivity contribution in [2.24, 2.45) is 0 Å². The van der Waals surface area contributed by atoms with Gasteiger partial charge in [0.15, 0.2) is 5.82 Å². The van der Waals surface area contributed by atoms with E-state index in [1.54, 1.807) is 6.07 Å². The Labute approximate surface area is 209 Å². The number of hydrogen-bond donors (Lipinski definition) is 1. The minimum Gasteiger partial charge on any atom is -0.493 e. The standard InChI is InChI=1S/C24H21F4N3O5S/c25-15-11-29-23(30-12-15)31-37(32,33)17-2-4-19-18(6-8-35-21(19)10-17)20-3-1-14(24(26,27)28)9-22(20)36-16-5-7-34-13-16/h1-4,9-12,16,18H,5-8,13H2,(H,29,30,31)/t16-,18-/m0/s1. The molecule has 1 saturated heterocycles. The highest BCUT2D eigenvalue weighted by atomic mass is 32.2. The van der Waals surface area contributed by atoms with Gasteiger partial charge < -0.3 is 14.2 Å². The molecule has 5 rings (SSSR count). The number of sulfonamides is 1. The summed E-state index contributed by atoms with van der Waals surface area (Å²) in [6.45, 7) is 0.960. The maximum atomic E-state index is 13.4. The third-order valence-corrected chi connectivity index (χ3v) is 7.40. The molecule has 0 bridgehead atoms. The van der Waals surface area contributed by atoms with E-state index in [4.69, 9.17) is 14.2 Å². The molecular weight excluding hydrogens is 518 g/mol. The van der Waals surface area contributed by atoms with Gasteiger partial charge in [0.05, 0.1) is 42.7 Å². The van der Waals surface area contributed by atoms with Crippen LogP contribution in [-0.4, -0.2) is 44.3 Å². The van der Waals surface area contributed by atoms with Crippen molar-refractivity contribution in [1.82, 2.24) is 9.97 Å². The van der Waals surface area contributed by atoms with Crippen molar-refractivity contribution in [2.45, 2.75) is 35.9 Å². The molecule has 2 atom stereocenters. The summed E-state index contributed by atoms with van der Waals surface area (Å²) in [5.74, 6) is -1.04. The van der Waals surface area contributed by atoms with Crippen LogP contribution in [0.2, 0.25) is 0 Å². The molecule has 2 aromatic carbocycles. The van der Waals surface area contributed by atoms with Crippen LogP contribution in [-0.2, 0) is 20.9 Å². The van der Waals surface area contributed by atoms with Crippen LogP contribution in [0.4, 0.5) is 23.5 Å². The van der Waals surface area contributed by atoms with Gasteiger partial charge in [-0.15, -0.1) is 0 Å². The summed E-state index contributed by atoms with van der Waals surface area (Å²) in [5.41, 5.74) is 0.321. The van der Waals surface area contributed by atoms with Gasteiger partial charge >= 0.3 is 6.18 Å². The molecule has 3 aromatic rings. The smallest absolute Gasteiger partial charge is 0.416 e. The van der Waals surface area contributed by atoms with E-state index in [-0.39, 0.29) is 41.7 Å². The van der Waals surface area contributed by atoms with Gasteiger partial charge in [-0.3, -0.25) is 0 Å². The fourth-order valence-corrected chi connectivity index (χ4v) is 5.26. The monoisotopic (exact) mass is 539 g/mol. The topological polar surface area (TPSA) is 99.6 Å². The second-order valence-electron chi connectivity index (χ2n) is 8.57. The van der Waals surface area contributed by atoms with Crippen LogP contribution < -0.4 is 14.2 Å². The van der Waals surface area contributed by atoms with Crippen molar-refractivity contribution in [3.8, 4) is 11.5 Å². The lowest BCUT2D eigenvalue weighted by molar-refractivity contribution is -0.137. The predicted octanol–water partition coefficient (Wildman–Crippen LogP) is 4.52. The molecule has 37 heavy (non-hydrogen) atoms. The lowest BCUT2D eigenvalue weighted by atomic mass is 9.85. The first-order chi connectivity index (χ1) is 17.6. The average Bonchev–Trinajstić information content (AvgIpc) is 3.37. The molecule has 1 aromatic heterocycles. The van der Waals surface area contributed by atoms with Crippen LogP contribution in [0.3, 0.4) is 0 Å². The summed E-state index contributed by atoms with van der Waals surface area (Å²) in [4.78, 5) is 7.04. The lowest BCUT2D eigenvalue weighted by Crippen LogP contribution is -2.21. The predicted molar refractivity (Wildman–Crippen MR) is 122 cm³/mol. The highest BCUT2D eigenvalue weighted by Crippen LogP contribution is 2.44. The number of anilines is 1. The van der Waals surface area contributed by atoms with E-state index in [1.165, 1.54) is 18.2 Å². The zero-order chi connectivity index (χ0) is 26.2. The zero-order valence-electron chi connectivity index (χ0n) is 19.2. The Kier molecular flexibility index (Phi) is 6.67. The molecular formula is C24H21F4N3O5S. The van der Waals surface area contributed by atoms with Gasteiger partial charge in [-0.05, 0) is 24.6 Å². The van der Waals surface area contributed by atoms with Gasteiger partial charge in [-0.25, -0.2) is 27.5 Å². The Bertz CT molecular complexity index is 1390. The molecule has 2 aliphatic heterocycles. The number of hydrogen-bond acceptors (Lipinski definition) is 7. The summed E-state index contributed by atoms with van der Waals surface area (Å²) in [7, 11) is -4.13. The minimum atomic E-state index is -4.54. The molecule has 8 nitrogen and oxygen atoms in total. The number of aromatic nitrogens is 2. The number of fused-ring (bicyclic) bond motifs is 1. The van der Waals surface area contributed by atoms with Crippen LogP contribution >= 0.6 is 0 Å². The quantitative estimate of drug-likeness (QED) is 0.460. The largest absolute Gasteiger partial charge is 0.493 e. The molecule has 1 fully saturated rings. The van der Waals surface area contributed by atoms with Crippen LogP contribution in [0.1, 0.15) is 35.4 Å². The van der Waals surface area contributed by atoms with Crippen LogP contribution in [0.15, 0.2) is 53.7 Å². The van der Waals surface area contributed by atoms with Gasteiger partial charge in [-0.2, -0.15) is 13.2 Å². The van der Waals surface area contributed by atoms with Crippen molar-refractivity contribution in [2.75, 3.05) is 24.5 Å². The van der Waals surface area contributed by atoms with Gasteiger partial charge in [0.2, 0.25) is 5.95 Å². The van der Waals surface area contributed by atoms with E-state index < -0.39 is 33.5 Å². The molecule has 0 saturated carbocycles. The first kappa shape index (κ1) is 25.2. The molecule has 0 radical (unpaired) electrons. The summed E-state index contributed by atoms with van der Waals surface area (Å²) in [6.07, 6.45) is -2.25. The summed E-state index contributed by atoms with van der Waals surface area (Å²) in [6, 6.07) is 7.62. The minimum absolute atomic E-state index is 0.106. The molecule has 13 heteroatoms. The third-order valence-electron chi connectivity index (χ3n) is 6.08. The number of rotatable bonds is 6. The van der Waals surface area contributed by atoms with E-state index in [2.05, 4.69) is 14.7 Å². The van der Waals surface area contributed by atoms with E-state index in [9.17, 15) is 26.0 Å². The van der Waals surface area contributed by atoms with Crippen LogP contribution in [0.5, 0.6) is 11.5 Å². The number of ether oxygens (including phenoxy) is 3.